The molecule has 1 N–H and O–H groups in total. The van der Waals surface area contributed by atoms with E-state index in [1.807, 2.05) is 31.2 Å². The summed E-state index contributed by atoms with van der Waals surface area (Å²) in [5, 5.41) is 15.2. The van der Waals surface area contributed by atoms with Crippen LogP contribution in [0.3, 0.4) is 0 Å². The first kappa shape index (κ1) is 25.3. The molecule has 0 radical (unpaired) electrons. The molecule has 0 spiro atoms. The number of amides is 1. The Bertz CT molecular complexity index is 1480. The van der Waals surface area contributed by atoms with Crippen LogP contribution in [0.1, 0.15) is 18.1 Å². The van der Waals surface area contributed by atoms with Crippen LogP contribution in [-0.2, 0) is 11.4 Å². The molecule has 0 unspecified atom stereocenters. The van der Waals surface area contributed by atoms with E-state index < -0.39 is 5.91 Å². The van der Waals surface area contributed by atoms with Gasteiger partial charge in [0.25, 0.3) is 5.91 Å². The van der Waals surface area contributed by atoms with Crippen molar-refractivity contribution in [3.05, 3.63) is 105 Å². The van der Waals surface area contributed by atoms with Crippen molar-refractivity contribution < 1.29 is 14.3 Å². The molecule has 0 saturated heterocycles. The number of ether oxygens (including phenoxy) is 2. The van der Waals surface area contributed by atoms with E-state index in [0.717, 1.165) is 10.9 Å². The predicted molar refractivity (Wildman–Crippen MR) is 147 cm³/mol. The van der Waals surface area contributed by atoms with Crippen LogP contribution in [0.2, 0.25) is 5.02 Å². The number of anilines is 1. The highest BCUT2D eigenvalue weighted by atomic mass is 79.9. The first-order valence-corrected chi connectivity index (χ1v) is 12.4. The average Bonchev–Trinajstić information content (AvgIpc) is 2.88. The normalized spacial score (nSPS) is 11.1. The molecule has 36 heavy (non-hydrogen) atoms. The zero-order valence-electron chi connectivity index (χ0n) is 19.4. The Morgan fingerprint density at radius 3 is 2.50 bits per heavy atom. The van der Waals surface area contributed by atoms with Crippen molar-refractivity contribution in [3.63, 3.8) is 0 Å². The summed E-state index contributed by atoms with van der Waals surface area (Å²) in [6, 6.07) is 26.5. The van der Waals surface area contributed by atoms with E-state index in [1.54, 1.807) is 36.4 Å². The Morgan fingerprint density at radius 2 is 1.78 bits per heavy atom. The molecule has 0 saturated carbocycles. The maximum atomic E-state index is 12.6. The van der Waals surface area contributed by atoms with Gasteiger partial charge >= 0.3 is 0 Å². The number of carbonyl (C=O) groups is 1. The molecule has 0 aromatic heterocycles. The fraction of sp³-hybridized carbons (Fsp3) is 0.103. The zero-order chi connectivity index (χ0) is 25.5. The largest absolute Gasteiger partial charge is 0.490 e. The molecule has 0 aliphatic rings. The van der Waals surface area contributed by atoms with E-state index in [0.29, 0.717) is 45.5 Å². The van der Waals surface area contributed by atoms with Crippen molar-refractivity contribution in [1.82, 2.24) is 0 Å². The molecule has 4 rings (SSSR count). The lowest BCUT2D eigenvalue weighted by Crippen LogP contribution is -2.13. The van der Waals surface area contributed by atoms with Crippen molar-refractivity contribution in [2.45, 2.75) is 13.5 Å². The molecule has 5 nitrogen and oxygen atoms in total. The molecule has 4 aromatic rings. The molecule has 0 bridgehead atoms. The standard InChI is InChI=1S/C29H22BrClN2O3/c1-2-35-27-16-20(14-23(17-32)29(34)33-25-11-9-24(31)10-12-25)15-26(30)28(27)36-18-19-7-8-21-5-3-4-6-22(21)13-19/h3-16H,2,18H2,1H3,(H,33,34)/b23-14+. The summed E-state index contributed by atoms with van der Waals surface area (Å²) >= 11 is 9.45. The third-order valence-corrected chi connectivity index (χ3v) is 6.15. The van der Waals surface area contributed by atoms with Gasteiger partial charge in [0, 0.05) is 10.7 Å². The van der Waals surface area contributed by atoms with Gasteiger partial charge in [0.2, 0.25) is 0 Å². The van der Waals surface area contributed by atoms with Gasteiger partial charge in [-0.2, -0.15) is 5.26 Å². The SMILES string of the molecule is CCOc1cc(/C=C(\C#N)C(=O)Nc2ccc(Cl)cc2)cc(Br)c1OCc1ccc2ccccc2c1. The summed E-state index contributed by atoms with van der Waals surface area (Å²) in [7, 11) is 0. The number of halogens is 2. The maximum absolute atomic E-state index is 12.6. The molecule has 0 aliphatic carbocycles. The first-order valence-electron chi connectivity index (χ1n) is 11.2. The van der Waals surface area contributed by atoms with E-state index in [2.05, 4.69) is 45.5 Å². The average molecular weight is 562 g/mol. The molecule has 1 amide bonds. The highest BCUT2D eigenvalue weighted by Crippen LogP contribution is 2.38. The van der Waals surface area contributed by atoms with E-state index in [1.165, 1.54) is 11.5 Å². The van der Waals surface area contributed by atoms with Crippen LogP contribution in [0.5, 0.6) is 11.5 Å². The van der Waals surface area contributed by atoms with Gasteiger partial charge in [0.05, 0.1) is 11.1 Å². The minimum absolute atomic E-state index is 0.0517. The van der Waals surface area contributed by atoms with Gasteiger partial charge in [-0.1, -0.05) is 48.0 Å². The number of carbonyl (C=O) groups excluding carboxylic acids is 1. The fourth-order valence-corrected chi connectivity index (χ4v) is 4.31. The summed E-state index contributed by atoms with van der Waals surface area (Å²) in [6.45, 7) is 2.66. The van der Waals surface area contributed by atoms with Crippen molar-refractivity contribution in [2.24, 2.45) is 0 Å². The van der Waals surface area contributed by atoms with E-state index in [9.17, 15) is 10.1 Å². The smallest absolute Gasteiger partial charge is 0.266 e. The molecular weight excluding hydrogens is 540 g/mol. The van der Waals surface area contributed by atoms with Gasteiger partial charge in [0.1, 0.15) is 18.2 Å². The number of hydrogen-bond acceptors (Lipinski definition) is 4. The lowest BCUT2D eigenvalue weighted by atomic mass is 10.1. The van der Waals surface area contributed by atoms with Gasteiger partial charge in [-0.3, -0.25) is 4.79 Å². The predicted octanol–water partition coefficient (Wildman–Crippen LogP) is 7.78. The number of rotatable bonds is 8. The Labute approximate surface area is 223 Å². The van der Waals surface area contributed by atoms with Crippen LogP contribution in [-0.4, -0.2) is 12.5 Å². The molecule has 0 fully saturated rings. The quantitative estimate of drug-likeness (QED) is 0.176. The maximum Gasteiger partial charge on any atom is 0.266 e. The van der Waals surface area contributed by atoms with Crippen LogP contribution in [0, 0.1) is 11.3 Å². The summed E-state index contributed by atoms with van der Waals surface area (Å²) < 4.78 is 12.6. The van der Waals surface area contributed by atoms with Crippen molar-refractivity contribution >= 4 is 56.0 Å². The van der Waals surface area contributed by atoms with E-state index in [-0.39, 0.29) is 5.57 Å². The molecule has 0 heterocycles. The number of nitrogens with one attached hydrogen (secondary N) is 1. The van der Waals surface area contributed by atoms with E-state index in [4.69, 9.17) is 21.1 Å². The van der Waals surface area contributed by atoms with Crippen molar-refractivity contribution in [1.29, 1.82) is 5.26 Å². The summed E-state index contributed by atoms with van der Waals surface area (Å²) in [4.78, 5) is 12.6. The second-order valence-corrected chi connectivity index (χ2v) is 9.15. The summed E-state index contributed by atoms with van der Waals surface area (Å²) in [5.41, 5.74) is 2.13. The summed E-state index contributed by atoms with van der Waals surface area (Å²) in [5.74, 6) is 0.533. The number of nitrogens with zero attached hydrogens (tertiary/aromatic N) is 1. The lowest BCUT2D eigenvalue weighted by molar-refractivity contribution is -0.112. The second kappa shape index (κ2) is 11.8. The molecule has 0 aliphatic heterocycles. The Hall–Kier alpha value is -3.79. The van der Waals surface area contributed by atoms with Crippen molar-refractivity contribution in [2.75, 3.05) is 11.9 Å². The number of benzene rings is 4. The Morgan fingerprint density at radius 1 is 1.03 bits per heavy atom. The monoisotopic (exact) mass is 560 g/mol. The molecule has 7 heteroatoms. The first-order chi connectivity index (χ1) is 17.5. The highest BCUT2D eigenvalue weighted by molar-refractivity contribution is 9.10. The second-order valence-electron chi connectivity index (χ2n) is 7.86. The Kier molecular flexibility index (Phi) is 8.27. The molecule has 180 valence electrons. The topological polar surface area (TPSA) is 71.3 Å². The van der Waals surface area contributed by atoms with Crippen molar-refractivity contribution in [3.8, 4) is 17.6 Å². The van der Waals surface area contributed by atoms with Gasteiger partial charge in [-0.05, 0) is 93.3 Å². The fourth-order valence-electron chi connectivity index (χ4n) is 3.61. The van der Waals surface area contributed by atoms with Gasteiger partial charge < -0.3 is 14.8 Å². The molecule has 4 aromatic carbocycles. The van der Waals surface area contributed by atoms with Crippen LogP contribution in [0.25, 0.3) is 16.8 Å². The minimum atomic E-state index is -0.523. The Balaban J connectivity index is 1.56. The van der Waals surface area contributed by atoms with Crippen LogP contribution >= 0.6 is 27.5 Å². The van der Waals surface area contributed by atoms with Gasteiger partial charge in [-0.15, -0.1) is 0 Å². The van der Waals surface area contributed by atoms with Gasteiger partial charge in [-0.25, -0.2) is 0 Å². The third kappa shape index (κ3) is 6.25. The lowest BCUT2D eigenvalue weighted by Gasteiger charge is -2.15. The third-order valence-electron chi connectivity index (χ3n) is 5.31. The van der Waals surface area contributed by atoms with E-state index >= 15 is 0 Å². The minimum Gasteiger partial charge on any atom is -0.490 e. The van der Waals surface area contributed by atoms with Gasteiger partial charge in [0.15, 0.2) is 11.5 Å². The molecular formula is C29H22BrClN2O3. The number of hydrogen-bond donors (Lipinski definition) is 1. The molecule has 0 atom stereocenters. The highest BCUT2D eigenvalue weighted by Gasteiger charge is 2.15. The summed E-state index contributed by atoms with van der Waals surface area (Å²) in [6.07, 6.45) is 1.51. The number of nitriles is 1. The zero-order valence-corrected chi connectivity index (χ0v) is 21.8. The number of fused-ring (bicyclic) bond motifs is 1. The van der Waals surface area contributed by atoms with Crippen LogP contribution in [0.4, 0.5) is 5.69 Å². The van der Waals surface area contributed by atoms with Crippen LogP contribution in [0.15, 0.2) is 88.9 Å². The van der Waals surface area contributed by atoms with Crippen LogP contribution < -0.4 is 14.8 Å².